The predicted octanol–water partition coefficient (Wildman–Crippen LogP) is 3.55. The Morgan fingerprint density at radius 2 is 2.06 bits per heavy atom. The summed E-state index contributed by atoms with van der Waals surface area (Å²) in [5.41, 5.74) is 10.0. The van der Waals surface area contributed by atoms with Gasteiger partial charge in [0.25, 0.3) is 0 Å². The van der Waals surface area contributed by atoms with Crippen molar-refractivity contribution in [3.63, 3.8) is 0 Å². The van der Waals surface area contributed by atoms with E-state index in [2.05, 4.69) is 39.7 Å². The van der Waals surface area contributed by atoms with Crippen molar-refractivity contribution in [3.05, 3.63) is 34.1 Å². The Labute approximate surface area is 110 Å². The zero-order valence-corrected chi connectivity index (χ0v) is 11.6. The van der Waals surface area contributed by atoms with Gasteiger partial charge in [-0.2, -0.15) is 0 Å². The quantitative estimate of drug-likeness (QED) is 0.851. The fraction of sp³-hybridized carbons (Fsp3) is 0.308. The summed E-state index contributed by atoms with van der Waals surface area (Å²) in [6.07, 6.45) is 1.91. The average molecular weight is 294 g/mol. The minimum absolute atomic E-state index is 0.735. The van der Waals surface area contributed by atoms with Crippen molar-refractivity contribution in [2.45, 2.75) is 26.7 Å². The van der Waals surface area contributed by atoms with Gasteiger partial charge in [-0.25, -0.2) is 4.98 Å². The van der Waals surface area contributed by atoms with Crippen LogP contribution < -0.4 is 5.73 Å². The number of aromatic amines is 1. The van der Waals surface area contributed by atoms with Crippen molar-refractivity contribution in [2.75, 3.05) is 5.73 Å². The first kappa shape index (κ1) is 12.2. The maximum absolute atomic E-state index is 6.01. The van der Waals surface area contributed by atoms with Crippen LogP contribution in [0, 0.1) is 0 Å². The molecule has 0 spiro atoms. The molecule has 1 aromatic heterocycles. The van der Waals surface area contributed by atoms with Crippen LogP contribution in [0.5, 0.6) is 0 Å². The normalized spacial score (nSPS) is 10.8. The molecule has 0 unspecified atom stereocenters. The van der Waals surface area contributed by atoms with Crippen molar-refractivity contribution in [2.24, 2.45) is 0 Å². The standard InChI is InChI=1S/C13H16BrN3/c1-3-11-12(4-2)17-13(16-11)9-6-5-8(14)7-10(9)15/h5-7H,3-4,15H2,1-2H3,(H,16,17). The summed E-state index contributed by atoms with van der Waals surface area (Å²) < 4.78 is 0.983. The molecule has 0 saturated heterocycles. The fourth-order valence-electron chi connectivity index (χ4n) is 1.91. The van der Waals surface area contributed by atoms with Crippen LogP contribution >= 0.6 is 15.9 Å². The van der Waals surface area contributed by atoms with E-state index in [0.29, 0.717) is 0 Å². The maximum atomic E-state index is 6.01. The van der Waals surface area contributed by atoms with Gasteiger partial charge < -0.3 is 10.7 Å². The van der Waals surface area contributed by atoms with E-state index in [1.54, 1.807) is 0 Å². The van der Waals surface area contributed by atoms with E-state index in [1.807, 2.05) is 18.2 Å². The Balaban J connectivity index is 2.49. The molecule has 90 valence electrons. The molecule has 2 rings (SSSR count). The lowest BCUT2D eigenvalue weighted by Crippen LogP contribution is -1.91. The van der Waals surface area contributed by atoms with E-state index in [4.69, 9.17) is 5.73 Å². The first-order valence-electron chi connectivity index (χ1n) is 5.78. The van der Waals surface area contributed by atoms with Gasteiger partial charge in [-0.1, -0.05) is 29.8 Å². The molecule has 3 nitrogen and oxygen atoms in total. The Hall–Kier alpha value is -1.29. The Kier molecular flexibility index (Phi) is 3.52. The molecular formula is C13H16BrN3. The van der Waals surface area contributed by atoms with Gasteiger partial charge in [0.2, 0.25) is 0 Å². The number of aromatic nitrogens is 2. The summed E-state index contributed by atoms with van der Waals surface area (Å²) in [5.74, 6) is 0.865. The molecule has 1 heterocycles. The van der Waals surface area contributed by atoms with Crippen LogP contribution in [0.15, 0.2) is 22.7 Å². The number of aryl methyl sites for hydroxylation is 2. The van der Waals surface area contributed by atoms with Crippen LogP contribution in [0.25, 0.3) is 11.4 Å². The van der Waals surface area contributed by atoms with Crippen molar-refractivity contribution < 1.29 is 0 Å². The molecule has 3 N–H and O–H groups in total. The minimum atomic E-state index is 0.735. The van der Waals surface area contributed by atoms with E-state index >= 15 is 0 Å². The highest BCUT2D eigenvalue weighted by Crippen LogP contribution is 2.27. The molecule has 0 fully saturated rings. The molecule has 0 aliphatic heterocycles. The number of H-pyrrole nitrogens is 1. The minimum Gasteiger partial charge on any atom is -0.398 e. The lowest BCUT2D eigenvalue weighted by atomic mass is 10.2. The summed E-state index contributed by atoms with van der Waals surface area (Å²) in [4.78, 5) is 7.96. The number of nitrogens with two attached hydrogens (primary N) is 1. The summed E-state index contributed by atoms with van der Waals surface area (Å²) in [6.45, 7) is 4.24. The number of hydrogen-bond acceptors (Lipinski definition) is 2. The molecule has 0 aliphatic rings. The van der Waals surface area contributed by atoms with Crippen LogP contribution in [0.2, 0.25) is 0 Å². The van der Waals surface area contributed by atoms with Gasteiger partial charge in [0.1, 0.15) is 5.82 Å². The summed E-state index contributed by atoms with van der Waals surface area (Å²) in [6, 6.07) is 5.86. The van der Waals surface area contributed by atoms with Gasteiger partial charge in [0, 0.05) is 21.4 Å². The zero-order chi connectivity index (χ0) is 12.4. The second-order valence-corrected chi connectivity index (χ2v) is 4.87. The van der Waals surface area contributed by atoms with Gasteiger partial charge in [-0.15, -0.1) is 0 Å². The van der Waals surface area contributed by atoms with Crippen LogP contribution in [-0.4, -0.2) is 9.97 Å². The van der Waals surface area contributed by atoms with E-state index in [1.165, 1.54) is 5.69 Å². The number of halogens is 1. The summed E-state index contributed by atoms with van der Waals surface area (Å²) in [5, 5.41) is 0. The lowest BCUT2D eigenvalue weighted by Gasteiger charge is -2.02. The third-order valence-electron chi connectivity index (χ3n) is 2.82. The molecule has 4 heteroatoms. The number of rotatable bonds is 3. The molecule has 0 saturated carbocycles. The first-order valence-corrected chi connectivity index (χ1v) is 6.58. The molecule has 0 bridgehead atoms. The van der Waals surface area contributed by atoms with Crippen molar-refractivity contribution in [3.8, 4) is 11.4 Å². The van der Waals surface area contributed by atoms with Gasteiger partial charge in [-0.05, 0) is 31.0 Å². The molecule has 2 aromatic rings. The summed E-state index contributed by atoms with van der Waals surface area (Å²) >= 11 is 3.41. The van der Waals surface area contributed by atoms with E-state index in [-0.39, 0.29) is 0 Å². The molecule has 0 atom stereocenters. The van der Waals surface area contributed by atoms with Gasteiger partial charge in [0.05, 0.1) is 5.69 Å². The number of anilines is 1. The van der Waals surface area contributed by atoms with Crippen LogP contribution in [-0.2, 0) is 12.8 Å². The lowest BCUT2D eigenvalue weighted by molar-refractivity contribution is 0.979. The Morgan fingerprint density at radius 3 is 2.59 bits per heavy atom. The molecule has 0 amide bonds. The molecule has 0 aliphatic carbocycles. The number of nitrogens with one attached hydrogen (secondary N) is 1. The van der Waals surface area contributed by atoms with Crippen LogP contribution in [0.3, 0.4) is 0 Å². The monoisotopic (exact) mass is 293 g/mol. The third-order valence-corrected chi connectivity index (χ3v) is 3.31. The number of benzene rings is 1. The average Bonchev–Trinajstić information content (AvgIpc) is 2.72. The van der Waals surface area contributed by atoms with Gasteiger partial charge in [-0.3, -0.25) is 0 Å². The number of imidazole rings is 1. The number of nitrogen functional groups attached to an aromatic ring is 1. The van der Waals surface area contributed by atoms with Crippen LogP contribution in [0.4, 0.5) is 5.69 Å². The summed E-state index contributed by atoms with van der Waals surface area (Å²) in [7, 11) is 0. The van der Waals surface area contributed by atoms with Crippen molar-refractivity contribution >= 4 is 21.6 Å². The number of hydrogen-bond donors (Lipinski definition) is 2. The number of nitrogens with zero attached hydrogens (tertiary/aromatic N) is 1. The molecular weight excluding hydrogens is 278 g/mol. The molecule has 0 radical (unpaired) electrons. The highest BCUT2D eigenvalue weighted by molar-refractivity contribution is 9.10. The van der Waals surface area contributed by atoms with Gasteiger partial charge in [0.15, 0.2) is 0 Å². The first-order chi connectivity index (χ1) is 8.15. The van der Waals surface area contributed by atoms with E-state index in [0.717, 1.165) is 40.1 Å². The van der Waals surface area contributed by atoms with Gasteiger partial charge >= 0.3 is 0 Å². The zero-order valence-electron chi connectivity index (χ0n) is 10.0. The second-order valence-electron chi connectivity index (χ2n) is 3.95. The second kappa shape index (κ2) is 4.92. The third kappa shape index (κ3) is 2.36. The maximum Gasteiger partial charge on any atom is 0.139 e. The highest BCUT2D eigenvalue weighted by atomic mass is 79.9. The van der Waals surface area contributed by atoms with Crippen molar-refractivity contribution in [1.29, 1.82) is 0 Å². The smallest absolute Gasteiger partial charge is 0.139 e. The SMILES string of the molecule is CCc1nc(-c2ccc(Br)cc2N)[nH]c1CC. The highest BCUT2D eigenvalue weighted by Gasteiger charge is 2.11. The fourth-order valence-corrected chi connectivity index (χ4v) is 2.29. The van der Waals surface area contributed by atoms with E-state index < -0.39 is 0 Å². The largest absolute Gasteiger partial charge is 0.398 e. The van der Waals surface area contributed by atoms with Crippen molar-refractivity contribution in [1.82, 2.24) is 9.97 Å². The Morgan fingerprint density at radius 1 is 1.29 bits per heavy atom. The van der Waals surface area contributed by atoms with Crippen LogP contribution in [0.1, 0.15) is 25.2 Å². The van der Waals surface area contributed by atoms with E-state index in [9.17, 15) is 0 Å². The molecule has 17 heavy (non-hydrogen) atoms. The predicted molar refractivity (Wildman–Crippen MR) is 74.9 cm³/mol. The molecule has 1 aromatic carbocycles. The Bertz CT molecular complexity index is 510. The topological polar surface area (TPSA) is 54.7 Å².